The Morgan fingerprint density at radius 3 is 1.80 bits per heavy atom. The Bertz CT molecular complexity index is 532. The van der Waals surface area contributed by atoms with Gasteiger partial charge in [0.2, 0.25) is 0 Å². The summed E-state index contributed by atoms with van der Waals surface area (Å²) >= 11 is -0.227. The second-order valence-electron chi connectivity index (χ2n) is 3.37. The highest BCUT2D eigenvalue weighted by Crippen LogP contribution is 2.07. The second kappa shape index (κ2) is 8.51. The monoisotopic (exact) mass is 396 g/mol. The Hall–Kier alpha value is -1.64. The van der Waals surface area contributed by atoms with Gasteiger partial charge in [0.15, 0.2) is 7.14 Å². The van der Waals surface area contributed by atoms with Gasteiger partial charge < -0.3 is 0 Å². The summed E-state index contributed by atoms with van der Waals surface area (Å²) in [5.41, 5.74) is 0.154. The van der Waals surface area contributed by atoms with Crippen LogP contribution < -0.4 is 21.2 Å². The lowest BCUT2D eigenvalue weighted by atomic mass is 10.3. The van der Waals surface area contributed by atoms with Crippen LogP contribution in [-0.4, -0.2) is 11.6 Å². The minimum Gasteiger partial charge on any atom is -0.258 e. The second-order valence-corrected chi connectivity index (χ2v) is 6.40. The largest absolute Gasteiger partial charge is 0.379 e. The molecule has 0 saturated heterocycles. The number of alkyl halides is 3. The van der Waals surface area contributed by atoms with Gasteiger partial charge in [-0.2, -0.15) is 13.2 Å². The van der Waals surface area contributed by atoms with Crippen molar-refractivity contribution in [3.63, 3.8) is 0 Å². The van der Waals surface area contributed by atoms with Crippen molar-refractivity contribution < 1.29 is 39.3 Å². The molecule has 0 saturated carbocycles. The maximum Gasteiger partial charge on any atom is 0.379 e. The summed E-state index contributed by atoms with van der Waals surface area (Å²) in [5.74, 6) is 0. The molecule has 0 aromatic heterocycles. The summed E-state index contributed by atoms with van der Waals surface area (Å²) in [4.78, 5) is 10.1. The fourth-order valence-corrected chi connectivity index (χ4v) is 3.44. The van der Waals surface area contributed by atoms with Crippen LogP contribution in [0, 0.1) is 17.3 Å². The van der Waals surface area contributed by atoms with Crippen molar-refractivity contribution >= 4 is 5.69 Å². The fourth-order valence-electron chi connectivity index (χ4n) is 1.23. The van der Waals surface area contributed by atoms with Gasteiger partial charge >= 0.3 is 27.9 Å². The van der Waals surface area contributed by atoms with E-state index in [1.165, 1.54) is 7.14 Å². The molecule has 0 bridgehead atoms. The molecule has 0 aliphatic carbocycles. The van der Waals surface area contributed by atoms with Gasteiger partial charge in [-0.05, 0) is 24.3 Å². The summed E-state index contributed by atoms with van der Waals surface area (Å²) in [6.45, 7) is -3.67. The predicted octanol–water partition coefficient (Wildman–Crippen LogP) is 0.902. The van der Waals surface area contributed by atoms with Crippen LogP contribution in [0.4, 0.5) is 18.9 Å². The van der Waals surface area contributed by atoms with Gasteiger partial charge in [0, 0.05) is 12.1 Å². The summed E-state index contributed by atoms with van der Waals surface area (Å²) < 4.78 is 31.5. The molecule has 2 aromatic rings. The van der Waals surface area contributed by atoms with Crippen LogP contribution in [0.15, 0.2) is 54.6 Å². The Morgan fingerprint density at radius 1 is 0.900 bits per heavy atom. The van der Waals surface area contributed by atoms with Crippen LogP contribution in [0.1, 0.15) is 0 Å². The summed E-state index contributed by atoms with van der Waals surface area (Å²) in [6, 6.07) is 17.0. The average molecular weight is 396 g/mol. The highest BCUT2D eigenvalue weighted by molar-refractivity contribution is 5.27. The number of nitrogens with zero attached hydrogens (tertiary/aromatic N) is 1. The first kappa shape index (κ1) is 16.4. The minimum absolute atomic E-state index is 0.154. The van der Waals surface area contributed by atoms with E-state index in [0.717, 1.165) is 0 Å². The zero-order chi connectivity index (χ0) is 15.0. The normalized spacial score (nSPS) is 9.80. The molecule has 0 unspecified atom stereocenters. The van der Waals surface area contributed by atoms with Crippen molar-refractivity contribution in [1.82, 2.24) is 0 Å². The molecule has 0 heterocycles. The summed E-state index contributed by atoms with van der Waals surface area (Å²) in [6.07, 6.45) is 0. The lowest BCUT2D eigenvalue weighted by molar-refractivity contribution is -0.597. The van der Waals surface area contributed by atoms with E-state index in [4.69, 9.17) is 0 Å². The van der Waals surface area contributed by atoms with Crippen LogP contribution in [0.25, 0.3) is 0 Å². The van der Waals surface area contributed by atoms with E-state index in [0.29, 0.717) is 0 Å². The molecular formula is C13H10F3INO2+. The van der Waals surface area contributed by atoms with Gasteiger partial charge in [-0.3, -0.25) is 10.1 Å². The van der Waals surface area contributed by atoms with Crippen LogP contribution in [-0.2, 0) is 0 Å². The first-order valence-electron chi connectivity index (χ1n) is 5.35. The van der Waals surface area contributed by atoms with E-state index in [2.05, 4.69) is 12.1 Å². The third-order valence-corrected chi connectivity index (χ3v) is 4.67. The van der Waals surface area contributed by atoms with E-state index in [9.17, 15) is 23.3 Å². The minimum atomic E-state index is -3.67. The average Bonchev–Trinajstić information content (AvgIpc) is 2.40. The SMILES string of the molecule is FC(F)F.O=[N+]([O-])c1ccc([I+]c2ccccc2)cc1. The zero-order valence-electron chi connectivity index (χ0n) is 10.0. The number of hydrogen-bond donors (Lipinski definition) is 0. The third-order valence-electron chi connectivity index (χ3n) is 1.99. The van der Waals surface area contributed by atoms with E-state index in [1.807, 2.05) is 30.3 Å². The first-order valence-corrected chi connectivity index (χ1v) is 7.51. The van der Waals surface area contributed by atoms with E-state index in [-0.39, 0.29) is 31.8 Å². The number of nitro benzene ring substituents is 1. The van der Waals surface area contributed by atoms with E-state index in [1.54, 1.807) is 12.1 Å². The first-order chi connectivity index (χ1) is 9.49. The van der Waals surface area contributed by atoms with Crippen LogP contribution >= 0.6 is 0 Å². The van der Waals surface area contributed by atoms with Gasteiger partial charge in [0.25, 0.3) is 5.69 Å². The quantitative estimate of drug-likeness (QED) is 0.440. The molecule has 0 radical (unpaired) electrons. The van der Waals surface area contributed by atoms with Crippen molar-refractivity contribution in [3.8, 4) is 0 Å². The summed E-state index contributed by atoms with van der Waals surface area (Å²) in [7, 11) is 0. The van der Waals surface area contributed by atoms with Crippen molar-refractivity contribution in [2.45, 2.75) is 6.68 Å². The van der Waals surface area contributed by atoms with Gasteiger partial charge in [-0.1, -0.05) is 18.2 Å². The molecule has 0 aliphatic rings. The number of benzene rings is 2. The zero-order valence-corrected chi connectivity index (χ0v) is 12.2. The summed E-state index contributed by atoms with van der Waals surface area (Å²) in [5, 5.41) is 10.5. The Kier molecular flexibility index (Phi) is 6.99. The predicted molar refractivity (Wildman–Crippen MR) is 64.0 cm³/mol. The van der Waals surface area contributed by atoms with E-state index >= 15 is 0 Å². The van der Waals surface area contributed by atoms with Gasteiger partial charge in [0.05, 0.1) is 4.92 Å². The molecule has 0 spiro atoms. The van der Waals surface area contributed by atoms with Crippen molar-refractivity contribution in [2.24, 2.45) is 0 Å². The lowest BCUT2D eigenvalue weighted by Crippen LogP contribution is -3.61. The smallest absolute Gasteiger partial charge is 0.258 e. The third kappa shape index (κ3) is 6.50. The number of nitro groups is 1. The molecule has 0 atom stereocenters. The highest BCUT2D eigenvalue weighted by atomic mass is 127. The van der Waals surface area contributed by atoms with Crippen LogP contribution in [0.2, 0.25) is 0 Å². The molecule has 2 rings (SSSR count). The van der Waals surface area contributed by atoms with Gasteiger partial charge in [-0.25, -0.2) is 0 Å². The van der Waals surface area contributed by atoms with E-state index < -0.39 is 6.68 Å². The molecule has 3 nitrogen and oxygen atoms in total. The topological polar surface area (TPSA) is 43.1 Å². The van der Waals surface area contributed by atoms with Gasteiger partial charge in [0.1, 0.15) is 0 Å². The van der Waals surface area contributed by atoms with Crippen molar-refractivity contribution in [3.05, 3.63) is 71.9 Å². The number of rotatable bonds is 3. The highest BCUT2D eigenvalue weighted by Gasteiger charge is 2.16. The van der Waals surface area contributed by atoms with Crippen molar-refractivity contribution in [2.75, 3.05) is 0 Å². The number of hydrogen-bond acceptors (Lipinski definition) is 2. The Labute approximate surface area is 123 Å². The molecule has 20 heavy (non-hydrogen) atoms. The lowest BCUT2D eigenvalue weighted by Gasteiger charge is -1.89. The molecule has 0 N–H and O–H groups in total. The van der Waals surface area contributed by atoms with Crippen LogP contribution in [0.5, 0.6) is 0 Å². The molecule has 0 amide bonds. The molecule has 0 fully saturated rings. The molecule has 106 valence electrons. The molecular weight excluding hydrogens is 386 g/mol. The van der Waals surface area contributed by atoms with Crippen molar-refractivity contribution in [1.29, 1.82) is 0 Å². The maximum atomic E-state index is 10.5. The number of non-ortho nitro benzene ring substituents is 1. The fraction of sp³-hybridized carbons (Fsp3) is 0.0769. The Morgan fingerprint density at radius 2 is 1.35 bits per heavy atom. The molecule has 0 aliphatic heterocycles. The number of halogens is 4. The molecule has 7 heteroatoms. The Balaban J connectivity index is 0.000000444. The van der Waals surface area contributed by atoms with Gasteiger partial charge in [-0.15, -0.1) is 0 Å². The standard InChI is InChI=1S/C12H9INO2.CHF3/c15-14(16)12-8-6-11(7-9-12)13-10-4-2-1-3-5-10;2-1(3)4/h1-9H;1H/q+1;. The maximum absolute atomic E-state index is 10.5. The molecule has 2 aromatic carbocycles. The van der Waals surface area contributed by atoms with Crippen LogP contribution in [0.3, 0.4) is 0 Å².